The maximum atomic E-state index is 12.1. The van der Waals surface area contributed by atoms with E-state index < -0.39 is 0 Å². The van der Waals surface area contributed by atoms with E-state index in [1.54, 1.807) is 18.2 Å². The van der Waals surface area contributed by atoms with Crippen molar-refractivity contribution in [1.29, 1.82) is 0 Å². The predicted molar refractivity (Wildman–Crippen MR) is 93.4 cm³/mol. The summed E-state index contributed by atoms with van der Waals surface area (Å²) >= 11 is 4.92. The number of hydrogen-bond donors (Lipinski definition) is 3. The minimum Gasteiger partial charge on any atom is -0.429 e. The second-order valence-corrected chi connectivity index (χ2v) is 6.50. The van der Waals surface area contributed by atoms with Gasteiger partial charge >= 0.3 is 0 Å². The van der Waals surface area contributed by atoms with E-state index in [1.165, 1.54) is 19.3 Å². The first kappa shape index (κ1) is 16.7. The van der Waals surface area contributed by atoms with Crippen molar-refractivity contribution >= 4 is 35.1 Å². The lowest BCUT2D eigenvalue weighted by Crippen LogP contribution is -2.38. The second-order valence-electron chi connectivity index (χ2n) is 6.13. The first-order valence-corrected chi connectivity index (χ1v) is 8.73. The molecule has 1 aromatic heterocycles. The fourth-order valence-electron chi connectivity index (χ4n) is 3.03. The predicted octanol–water partition coefficient (Wildman–Crippen LogP) is 3.06. The number of rotatable bonds is 5. The van der Waals surface area contributed by atoms with E-state index in [4.69, 9.17) is 16.6 Å². The number of carbonyl (C=O) groups excluding carboxylic acids is 2. The van der Waals surface area contributed by atoms with Crippen LogP contribution < -0.4 is 10.6 Å². The molecule has 1 fully saturated rings. The van der Waals surface area contributed by atoms with E-state index in [-0.39, 0.29) is 23.1 Å². The molecule has 0 unspecified atom stereocenters. The zero-order valence-corrected chi connectivity index (χ0v) is 14.2. The third-order valence-electron chi connectivity index (χ3n) is 4.29. The van der Waals surface area contributed by atoms with Crippen LogP contribution in [-0.2, 0) is 4.79 Å². The number of oxazole rings is 1. The Morgan fingerprint density at radius 2 is 2.04 bits per heavy atom. The van der Waals surface area contributed by atoms with Crippen molar-refractivity contribution in [3.05, 3.63) is 28.6 Å². The molecule has 7 heteroatoms. The SMILES string of the molecule is O=C(CCNC(=O)c1ccc2[nH]c(=S)oc2c1)NC1CCCCC1. The standard InChI is InChI=1S/C17H21N3O3S/c21-15(19-12-4-2-1-3-5-12)8-9-18-16(22)11-6-7-13-14(10-11)23-17(24)20-13/h6-7,10,12H,1-5,8-9H2,(H,18,22)(H,19,21)(H,20,24). The molecule has 1 aliphatic carbocycles. The van der Waals surface area contributed by atoms with Crippen molar-refractivity contribution in [2.45, 2.75) is 44.6 Å². The number of H-pyrrole nitrogens is 1. The van der Waals surface area contributed by atoms with Crippen molar-refractivity contribution in [2.24, 2.45) is 0 Å². The van der Waals surface area contributed by atoms with Crippen LogP contribution in [0.25, 0.3) is 11.1 Å². The van der Waals surface area contributed by atoms with Crippen LogP contribution in [-0.4, -0.2) is 29.4 Å². The highest BCUT2D eigenvalue weighted by molar-refractivity contribution is 7.71. The molecule has 1 heterocycles. The zero-order chi connectivity index (χ0) is 16.9. The van der Waals surface area contributed by atoms with E-state index in [0.29, 0.717) is 23.7 Å². The number of aromatic nitrogens is 1. The number of hydrogen-bond acceptors (Lipinski definition) is 4. The van der Waals surface area contributed by atoms with E-state index in [0.717, 1.165) is 18.4 Å². The van der Waals surface area contributed by atoms with Crippen molar-refractivity contribution in [1.82, 2.24) is 15.6 Å². The first-order valence-electron chi connectivity index (χ1n) is 8.32. The van der Waals surface area contributed by atoms with Gasteiger partial charge in [0.15, 0.2) is 5.58 Å². The second kappa shape index (κ2) is 7.61. The molecule has 1 aliphatic rings. The molecule has 24 heavy (non-hydrogen) atoms. The maximum Gasteiger partial charge on any atom is 0.266 e. The van der Waals surface area contributed by atoms with Gasteiger partial charge in [0, 0.05) is 24.6 Å². The zero-order valence-electron chi connectivity index (χ0n) is 13.4. The minimum absolute atomic E-state index is 0.00552. The molecule has 6 nitrogen and oxygen atoms in total. The molecule has 3 rings (SSSR count). The van der Waals surface area contributed by atoms with Crippen LogP contribution in [0.1, 0.15) is 48.9 Å². The summed E-state index contributed by atoms with van der Waals surface area (Å²) in [7, 11) is 0. The van der Waals surface area contributed by atoms with Gasteiger partial charge in [-0.05, 0) is 43.3 Å². The van der Waals surface area contributed by atoms with Crippen LogP contribution >= 0.6 is 12.2 Å². The van der Waals surface area contributed by atoms with Gasteiger partial charge in [-0.25, -0.2) is 0 Å². The Hall–Kier alpha value is -2.15. The molecule has 3 N–H and O–H groups in total. The highest BCUT2D eigenvalue weighted by atomic mass is 32.1. The quantitative estimate of drug-likeness (QED) is 0.726. The highest BCUT2D eigenvalue weighted by Crippen LogP contribution is 2.17. The molecular weight excluding hydrogens is 326 g/mol. The van der Waals surface area contributed by atoms with Crippen LogP contribution in [0.5, 0.6) is 0 Å². The van der Waals surface area contributed by atoms with Gasteiger partial charge < -0.3 is 20.0 Å². The third kappa shape index (κ3) is 4.23. The fourth-order valence-corrected chi connectivity index (χ4v) is 3.22. The largest absolute Gasteiger partial charge is 0.429 e. The summed E-state index contributed by atoms with van der Waals surface area (Å²) in [5.41, 5.74) is 1.78. The lowest BCUT2D eigenvalue weighted by molar-refractivity contribution is -0.121. The molecular formula is C17H21N3O3S. The van der Waals surface area contributed by atoms with Crippen LogP contribution in [0.3, 0.4) is 0 Å². The average Bonchev–Trinajstić information content (AvgIpc) is 2.94. The molecule has 0 bridgehead atoms. The molecule has 2 aromatic rings. The van der Waals surface area contributed by atoms with Gasteiger partial charge in [0.05, 0.1) is 5.52 Å². The van der Waals surface area contributed by atoms with Gasteiger partial charge in [0.2, 0.25) is 5.91 Å². The Morgan fingerprint density at radius 3 is 2.83 bits per heavy atom. The molecule has 0 spiro atoms. The summed E-state index contributed by atoms with van der Waals surface area (Å²) in [6, 6.07) is 5.38. The van der Waals surface area contributed by atoms with Crippen LogP contribution in [0.2, 0.25) is 0 Å². The number of fused-ring (bicyclic) bond motifs is 1. The monoisotopic (exact) mass is 347 g/mol. The Morgan fingerprint density at radius 1 is 1.25 bits per heavy atom. The number of aromatic amines is 1. The van der Waals surface area contributed by atoms with Crippen molar-refractivity contribution in [2.75, 3.05) is 6.54 Å². The number of benzene rings is 1. The Balaban J connectivity index is 1.47. The summed E-state index contributed by atoms with van der Waals surface area (Å²) in [6.07, 6.45) is 6.02. The smallest absolute Gasteiger partial charge is 0.266 e. The lowest BCUT2D eigenvalue weighted by atomic mass is 9.95. The summed E-state index contributed by atoms with van der Waals surface area (Å²) in [5, 5.41) is 5.80. The van der Waals surface area contributed by atoms with E-state index in [9.17, 15) is 9.59 Å². The van der Waals surface area contributed by atoms with Gasteiger partial charge in [-0.2, -0.15) is 0 Å². The summed E-state index contributed by atoms with van der Waals surface area (Å²) < 4.78 is 5.30. The molecule has 0 aliphatic heterocycles. The van der Waals surface area contributed by atoms with Gasteiger partial charge in [-0.15, -0.1) is 0 Å². The maximum absolute atomic E-state index is 12.1. The Kier molecular flexibility index (Phi) is 5.30. The number of amides is 2. The fraction of sp³-hybridized carbons (Fsp3) is 0.471. The number of nitrogens with one attached hydrogen (secondary N) is 3. The average molecular weight is 347 g/mol. The first-order chi connectivity index (χ1) is 11.6. The van der Waals surface area contributed by atoms with Gasteiger partial charge in [-0.1, -0.05) is 19.3 Å². The van der Waals surface area contributed by atoms with Crippen molar-refractivity contribution in [3.63, 3.8) is 0 Å². The summed E-state index contributed by atoms with van der Waals surface area (Å²) in [4.78, 5) is 27.2. The lowest BCUT2D eigenvalue weighted by Gasteiger charge is -2.22. The van der Waals surface area contributed by atoms with E-state index >= 15 is 0 Å². The van der Waals surface area contributed by atoms with E-state index in [1.807, 2.05) is 0 Å². The van der Waals surface area contributed by atoms with Gasteiger partial charge in [-0.3, -0.25) is 9.59 Å². The van der Waals surface area contributed by atoms with E-state index in [2.05, 4.69) is 15.6 Å². The van der Waals surface area contributed by atoms with Crippen LogP contribution in [0, 0.1) is 4.84 Å². The molecule has 128 valence electrons. The minimum atomic E-state index is -0.232. The van der Waals surface area contributed by atoms with Crippen molar-refractivity contribution in [3.8, 4) is 0 Å². The van der Waals surface area contributed by atoms with Crippen LogP contribution in [0.4, 0.5) is 0 Å². The molecule has 2 amide bonds. The summed E-state index contributed by atoms with van der Waals surface area (Å²) in [5.74, 6) is -0.237. The Bertz CT molecular complexity index is 790. The third-order valence-corrected chi connectivity index (χ3v) is 4.48. The summed E-state index contributed by atoms with van der Waals surface area (Å²) in [6.45, 7) is 0.311. The Labute approximate surface area is 145 Å². The van der Waals surface area contributed by atoms with Gasteiger partial charge in [0.1, 0.15) is 0 Å². The molecule has 0 atom stereocenters. The normalized spacial score (nSPS) is 15.3. The van der Waals surface area contributed by atoms with Gasteiger partial charge in [0.25, 0.3) is 10.7 Å². The molecule has 0 radical (unpaired) electrons. The van der Waals surface area contributed by atoms with Crippen molar-refractivity contribution < 1.29 is 14.0 Å². The van der Waals surface area contributed by atoms with Crippen LogP contribution in [0.15, 0.2) is 22.6 Å². The molecule has 0 saturated heterocycles. The molecule has 1 saturated carbocycles. The number of carbonyl (C=O) groups is 2. The highest BCUT2D eigenvalue weighted by Gasteiger charge is 2.15. The topological polar surface area (TPSA) is 87.1 Å². The molecule has 1 aromatic carbocycles.